The lowest BCUT2D eigenvalue weighted by Crippen LogP contribution is -2.44. The molecule has 4 nitrogen and oxygen atoms in total. The molecule has 0 amide bonds. The third-order valence-electron chi connectivity index (χ3n) is 5.15. The van der Waals surface area contributed by atoms with Gasteiger partial charge in [-0.05, 0) is 81.9 Å². The van der Waals surface area contributed by atoms with Crippen LogP contribution in [0.25, 0.3) is 0 Å². The molecule has 1 N–H and O–H groups in total. The first-order valence-corrected chi connectivity index (χ1v) is 10.4. The second-order valence-corrected chi connectivity index (χ2v) is 7.71. The molecule has 27 heavy (non-hydrogen) atoms. The number of piperidine rings is 1. The lowest BCUT2D eigenvalue weighted by atomic mass is 9.95. The molecule has 1 aromatic carbocycles. The highest BCUT2D eigenvalue weighted by Gasteiger charge is 2.25. The van der Waals surface area contributed by atoms with Crippen LogP contribution < -0.4 is 5.32 Å². The van der Waals surface area contributed by atoms with E-state index in [2.05, 4.69) is 16.8 Å². The van der Waals surface area contributed by atoms with Gasteiger partial charge >= 0.3 is 0 Å². The van der Waals surface area contributed by atoms with Crippen LogP contribution in [0.5, 0.6) is 0 Å². The minimum atomic E-state index is -0.0466. The minimum Gasteiger partial charge on any atom is -0.381 e. The third kappa shape index (κ3) is 8.56. The quantitative estimate of drug-likeness (QED) is 0.315. The lowest BCUT2D eigenvalue weighted by molar-refractivity contribution is -0.113. The van der Waals surface area contributed by atoms with Crippen LogP contribution >= 0.6 is 11.6 Å². The lowest BCUT2D eigenvalue weighted by Gasteiger charge is -2.35. The molecule has 1 aromatic rings. The van der Waals surface area contributed by atoms with Crippen molar-refractivity contribution in [1.82, 2.24) is 10.2 Å². The van der Waals surface area contributed by atoms with E-state index in [1.165, 1.54) is 0 Å². The summed E-state index contributed by atoms with van der Waals surface area (Å²) in [6, 6.07) is 7.74. The smallest absolute Gasteiger partial charge is 0.137 e. The predicted molar refractivity (Wildman–Crippen MR) is 112 cm³/mol. The summed E-state index contributed by atoms with van der Waals surface area (Å²) in [5, 5.41) is 4.11. The monoisotopic (exact) mass is 392 g/mol. The second kappa shape index (κ2) is 13.1. The Morgan fingerprint density at radius 3 is 2.67 bits per heavy atom. The van der Waals surface area contributed by atoms with Gasteiger partial charge in [-0.15, -0.1) is 6.58 Å². The number of carbonyl (C=O) groups is 1. The van der Waals surface area contributed by atoms with Crippen LogP contribution in [0.15, 0.2) is 36.9 Å². The molecule has 1 aliphatic heterocycles. The fourth-order valence-corrected chi connectivity index (χ4v) is 3.58. The Morgan fingerprint density at radius 1 is 1.26 bits per heavy atom. The average Bonchev–Trinajstić information content (AvgIpc) is 2.70. The first-order valence-electron chi connectivity index (χ1n) is 10.1. The maximum Gasteiger partial charge on any atom is 0.137 e. The average molecular weight is 393 g/mol. The van der Waals surface area contributed by atoms with Crippen LogP contribution in [0.4, 0.5) is 0 Å². The number of hydrogen-bond acceptors (Lipinski definition) is 4. The van der Waals surface area contributed by atoms with Gasteiger partial charge in [-0.2, -0.15) is 0 Å². The van der Waals surface area contributed by atoms with Crippen molar-refractivity contribution in [2.75, 3.05) is 39.4 Å². The van der Waals surface area contributed by atoms with Crippen molar-refractivity contribution in [3.8, 4) is 0 Å². The van der Waals surface area contributed by atoms with Crippen LogP contribution in [0, 0.1) is 5.92 Å². The summed E-state index contributed by atoms with van der Waals surface area (Å²) in [6.45, 7) is 9.29. The number of likely N-dealkylation sites (tertiary alicyclic amines) is 1. The summed E-state index contributed by atoms with van der Waals surface area (Å²) in [7, 11) is 0. The number of nitrogens with one attached hydrogen (secondary N) is 1. The summed E-state index contributed by atoms with van der Waals surface area (Å²) in [4.78, 5) is 13.9. The Morgan fingerprint density at radius 2 is 2.00 bits per heavy atom. The molecule has 0 radical (unpaired) electrons. The van der Waals surface area contributed by atoms with Crippen molar-refractivity contribution >= 4 is 17.9 Å². The molecule has 1 unspecified atom stereocenters. The summed E-state index contributed by atoms with van der Waals surface area (Å²) in [6.07, 6.45) is 8.03. The summed E-state index contributed by atoms with van der Waals surface area (Å²) >= 11 is 5.94. The van der Waals surface area contributed by atoms with Gasteiger partial charge in [0.1, 0.15) is 6.29 Å². The third-order valence-corrected chi connectivity index (χ3v) is 5.41. The minimum absolute atomic E-state index is 0.0466. The summed E-state index contributed by atoms with van der Waals surface area (Å²) < 4.78 is 5.85. The predicted octanol–water partition coefficient (Wildman–Crippen LogP) is 3.73. The van der Waals surface area contributed by atoms with Crippen LogP contribution in [-0.4, -0.2) is 56.6 Å². The SMILES string of the molecule is C=CCCNCCCOCC1CCN(C(C=O)Cc2ccc(Cl)cc2)CC1. The van der Waals surface area contributed by atoms with Gasteiger partial charge in [0.15, 0.2) is 0 Å². The molecule has 1 heterocycles. The highest BCUT2D eigenvalue weighted by atomic mass is 35.5. The van der Waals surface area contributed by atoms with Crippen molar-refractivity contribution < 1.29 is 9.53 Å². The molecule has 0 saturated carbocycles. The molecule has 2 rings (SSSR count). The highest BCUT2D eigenvalue weighted by molar-refractivity contribution is 6.30. The Kier molecular flexibility index (Phi) is 10.7. The van der Waals surface area contributed by atoms with Crippen molar-refractivity contribution in [2.45, 2.75) is 38.1 Å². The molecule has 5 heteroatoms. The van der Waals surface area contributed by atoms with E-state index in [1.54, 1.807) is 0 Å². The van der Waals surface area contributed by atoms with E-state index in [4.69, 9.17) is 16.3 Å². The Labute approximate surface area is 168 Å². The van der Waals surface area contributed by atoms with Gasteiger partial charge in [0.05, 0.1) is 6.04 Å². The number of halogens is 1. The van der Waals surface area contributed by atoms with E-state index in [0.717, 1.165) is 88.4 Å². The van der Waals surface area contributed by atoms with Crippen LogP contribution in [0.3, 0.4) is 0 Å². The maximum absolute atomic E-state index is 11.6. The van der Waals surface area contributed by atoms with Gasteiger partial charge in [-0.1, -0.05) is 29.8 Å². The van der Waals surface area contributed by atoms with E-state index in [-0.39, 0.29) is 6.04 Å². The van der Waals surface area contributed by atoms with Crippen molar-refractivity contribution in [1.29, 1.82) is 0 Å². The molecule has 150 valence electrons. The van der Waals surface area contributed by atoms with E-state index in [9.17, 15) is 4.79 Å². The topological polar surface area (TPSA) is 41.6 Å². The van der Waals surface area contributed by atoms with Crippen molar-refractivity contribution in [2.24, 2.45) is 5.92 Å². The van der Waals surface area contributed by atoms with E-state index >= 15 is 0 Å². The standard InChI is InChI=1S/C22H33ClN2O2/c1-2-3-11-24-12-4-15-27-18-20-9-13-25(14-10-20)22(17-26)16-19-5-7-21(23)8-6-19/h2,5-8,17,20,22,24H,1,3-4,9-16,18H2. The number of carbonyl (C=O) groups excluding carboxylic acids is 1. The molecule has 0 spiro atoms. The van der Waals surface area contributed by atoms with Gasteiger partial charge in [0, 0.05) is 18.2 Å². The number of aldehydes is 1. The van der Waals surface area contributed by atoms with E-state index in [0.29, 0.717) is 5.92 Å². The first-order chi connectivity index (χ1) is 13.2. The molecule has 1 atom stereocenters. The molecular weight excluding hydrogens is 360 g/mol. The zero-order valence-electron chi connectivity index (χ0n) is 16.2. The fraction of sp³-hybridized carbons (Fsp3) is 0.591. The van der Waals surface area contributed by atoms with Gasteiger partial charge in [-0.25, -0.2) is 0 Å². The van der Waals surface area contributed by atoms with E-state index in [1.807, 2.05) is 30.3 Å². The van der Waals surface area contributed by atoms with Crippen LogP contribution in [0.2, 0.25) is 5.02 Å². The Bertz CT molecular complexity index is 542. The first kappa shape index (κ1) is 22.1. The number of benzene rings is 1. The number of hydrogen-bond donors (Lipinski definition) is 1. The molecule has 1 aliphatic rings. The number of ether oxygens (including phenoxy) is 1. The van der Waals surface area contributed by atoms with Crippen LogP contribution in [0.1, 0.15) is 31.2 Å². The zero-order chi connectivity index (χ0) is 19.3. The largest absolute Gasteiger partial charge is 0.381 e. The summed E-state index contributed by atoms with van der Waals surface area (Å²) in [5.74, 6) is 0.609. The zero-order valence-corrected chi connectivity index (χ0v) is 17.0. The molecule has 0 aliphatic carbocycles. The number of rotatable bonds is 13. The molecule has 1 saturated heterocycles. The number of nitrogens with zero attached hydrogens (tertiary/aromatic N) is 1. The van der Waals surface area contributed by atoms with Gasteiger partial charge in [0.25, 0.3) is 0 Å². The van der Waals surface area contributed by atoms with Crippen LogP contribution in [-0.2, 0) is 16.0 Å². The van der Waals surface area contributed by atoms with Gasteiger partial charge < -0.3 is 14.8 Å². The Balaban J connectivity index is 1.60. The fourth-order valence-electron chi connectivity index (χ4n) is 3.45. The normalized spacial score (nSPS) is 16.9. The molecule has 0 aromatic heterocycles. The van der Waals surface area contributed by atoms with E-state index < -0.39 is 0 Å². The van der Waals surface area contributed by atoms with Crippen molar-refractivity contribution in [3.63, 3.8) is 0 Å². The van der Waals surface area contributed by atoms with Crippen molar-refractivity contribution in [3.05, 3.63) is 47.5 Å². The highest BCUT2D eigenvalue weighted by Crippen LogP contribution is 2.21. The molecular formula is C22H33ClN2O2. The molecule has 0 bridgehead atoms. The summed E-state index contributed by atoms with van der Waals surface area (Å²) in [5.41, 5.74) is 1.16. The Hall–Kier alpha value is -1.20. The molecule has 1 fully saturated rings. The maximum atomic E-state index is 11.6. The van der Waals surface area contributed by atoms with Gasteiger partial charge in [-0.3, -0.25) is 4.90 Å². The second-order valence-electron chi connectivity index (χ2n) is 7.27. The van der Waals surface area contributed by atoms with Gasteiger partial charge in [0.2, 0.25) is 0 Å².